The molecule has 5 heterocycles. The first-order valence-corrected chi connectivity index (χ1v) is 24.8. The van der Waals surface area contributed by atoms with Crippen molar-refractivity contribution in [3.63, 3.8) is 0 Å². The molecule has 3 aromatic heterocycles. The highest BCUT2D eigenvalue weighted by Gasteiger charge is 2.52. The summed E-state index contributed by atoms with van der Waals surface area (Å²) in [6, 6.07) is 15.9. The molecule has 21 heteroatoms. The number of alkyl halides is 3. The van der Waals surface area contributed by atoms with E-state index in [9.17, 15) is 37.6 Å². The third-order valence-corrected chi connectivity index (χ3v) is 14.0. The molecule has 0 aliphatic carbocycles. The van der Waals surface area contributed by atoms with Gasteiger partial charge in [-0.1, -0.05) is 45.0 Å². The van der Waals surface area contributed by atoms with Crippen molar-refractivity contribution in [2.75, 3.05) is 36.2 Å². The number of rotatable bonds is 17. The number of likely N-dealkylation sites (tertiary alicyclic amines) is 1. The fraction of sp³-hybridized carbons (Fsp3) is 0.404. The molecule has 15 nitrogen and oxygen atoms in total. The molecule has 5 aromatic rings. The second kappa shape index (κ2) is 22.1. The number of hydrogen-bond donors (Lipinski definition) is 2. The van der Waals surface area contributed by atoms with E-state index in [0.29, 0.717) is 66.6 Å². The SMILES string of the molecule is Cc1ncsc1-c1ccc([C@H](C)NC(=O)C2CCCN2C(=O)C(NC(=O)COCCCCOc2ccc(-c3ccc(N4C(=S)N(c5ccc(C#N)c(C(F)(F)F)c5F)C(=O)C4(C)C)cn3)cn2)C(C)(C)C)cc1. The zero-order chi connectivity index (χ0) is 53.0. The Labute approximate surface area is 429 Å². The minimum absolute atomic E-state index is 0.242. The van der Waals surface area contributed by atoms with Gasteiger partial charge in [-0.05, 0) is 112 Å². The highest BCUT2D eigenvalue weighted by molar-refractivity contribution is 7.81. The molecular formula is C52H55F4N9O6S2. The number of nitrogens with one attached hydrogen (secondary N) is 2. The van der Waals surface area contributed by atoms with Crippen LogP contribution in [-0.4, -0.2) is 92.6 Å². The van der Waals surface area contributed by atoms with Gasteiger partial charge in [0.2, 0.25) is 23.6 Å². The predicted octanol–water partition coefficient (Wildman–Crippen LogP) is 9.10. The van der Waals surface area contributed by atoms with Crippen molar-refractivity contribution in [3.8, 4) is 33.6 Å². The van der Waals surface area contributed by atoms with E-state index in [2.05, 4.69) is 25.6 Å². The maximum atomic E-state index is 15.4. The van der Waals surface area contributed by atoms with E-state index in [0.717, 1.165) is 33.8 Å². The van der Waals surface area contributed by atoms with Gasteiger partial charge in [0.05, 0.1) is 63.6 Å². The number of amides is 4. The van der Waals surface area contributed by atoms with Crippen molar-refractivity contribution in [1.29, 1.82) is 5.26 Å². The Bertz CT molecular complexity index is 2900. The summed E-state index contributed by atoms with van der Waals surface area (Å²) in [6.07, 6.45) is 0.115. The van der Waals surface area contributed by atoms with Gasteiger partial charge in [-0.15, -0.1) is 11.3 Å². The molecule has 2 aliphatic rings. The average molecular weight is 1040 g/mol. The van der Waals surface area contributed by atoms with Crippen LogP contribution in [0.25, 0.3) is 21.7 Å². The summed E-state index contributed by atoms with van der Waals surface area (Å²) >= 11 is 7.11. The number of unbranched alkanes of at least 4 members (excludes halogenated alkanes) is 1. The quantitative estimate of drug-likeness (QED) is 0.0513. The van der Waals surface area contributed by atoms with Gasteiger partial charge in [-0.25, -0.2) is 14.4 Å². The second-order valence-electron chi connectivity index (χ2n) is 19.3. The number of anilines is 2. The Balaban J connectivity index is 0.846. The molecule has 3 atom stereocenters. The number of thiazole rings is 1. The minimum atomic E-state index is -5.20. The van der Waals surface area contributed by atoms with Crippen LogP contribution in [-0.2, 0) is 30.1 Å². The lowest BCUT2D eigenvalue weighted by Crippen LogP contribution is -2.58. The molecule has 0 bridgehead atoms. The van der Waals surface area contributed by atoms with Crippen molar-refractivity contribution < 1.29 is 46.2 Å². The summed E-state index contributed by atoms with van der Waals surface area (Å²) in [5.74, 6) is -3.22. The predicted molar refractivity (Wildman–Crippen MR) is 271 cm³/mol. The molecule has 2 saturated heterocycles. The van der Waals surface area contributed by atoms with Gasteiger partial charge >= 0.3 is 6.18 Å². The lowest BCUT2D eigenvalue weighted by atomic mass is 9.85. The summed E-state index contributed by atoms with van der Waals surface area (Å²) in [6.45, 7) is 13.2. The first kappa shape index (κ1) is 53.9. The van der Waals surface area contributed by atoms with E-state index in [1.807, 2.05) is 64.4 Å². The molecule has 2 aliphatic heterocycles. The molecule has 2 N–H and O–H groups in total. The van der Waals surface area contributed by atoms with Crippen molar-refractivity contribution >= 4 is 63.7 Å². The number of benzene rings is 2. The van der Waals surface area contributed by atoms with Crippen molar-refractivity contribution in [2.45, 2.75) is 104 Å². The zero-order valence-corrected chi connectivity index (χ0v) is 42.9. The number of carbonyl (C=O) groups is 4. The summed E-state index contributed by atoms with van der Waals surface area (Å²) in [7, 11) is 0. The lowest BCUT2D eigenvalue weighted by Gasteiger charge is -2.35. The fourth-order valence-electron chi connectivity index (χ4n) is 8.72. The van der Waals surface area contributed by atoms with E-state index in [4.69, 9.17) is 21.7 Å². The molecule has 0 radical (unpaired) electrons. The Morgan fingerprint density at radius 2 is 1.67 bits per heavy atom. The number of thiocarbonyl (C=S) groups is 1. The van der Waals surface area contributed by atoms with Crippen LogP contribution in [0.4, 0.5) is 28.9 Å². The van der Waals surface area contributed by atoms with Gasteiger partial charge in [-0.3, -0.25) is 29.1 Å². The summed E-state index contributed by atoms with van der Waals surface area (Å²) in [5, 5.41) is 14.9. The van der Waals surface area contributed by atoms with Crippen LogP contribution in [0.1, 0.15) is 95.7 Å². The Kier molecular flexibility index (Phi) is 16.3. The third-order valence-electron chi connectivity index (χ3n) is 12.7. The van der Waals surface area contributed by atoms with E-state index in [-0.39, 0.29) is 36.2 Å². The van der Waals surface area contributed by atoms with Crippen molar-refractivity contribution in [2.24, 2.45) is 5.41 Å². The van der Waals surface area contributed by atoms with Crippen LogP contribution >= 0.6 is 23.6 Å². The first-order valence-electron chi connectivity index (χ1n) is 23.5. The number of halogens is 4. The highest BCUT2D eigenvalue weighted by atomic mass is 32.1. The molecule has 2 aromatic carbocycles. The normalized spacial score (nSPS) is 16.6. The van der Waals surface area contributed by atoms with Crippen LogP contribution in [0.2, 0.25) is 0 Å². The maximum Gasteiger partial charge on any atom is 0.420 e. The number of hydrogen-bond acceptors (Lipinski definition) is 12. The standard InChI is InChI=1S/C52H55F4N9O6S2/c1-30(32-12-14-33(15-13-32)44-31(2)60-29-73-44)61-46(67)39-11-10-22-63(39)47(68)45(50(3,4)5)62-40(66)28-70-23-8-9-24-71-41-21-17-35(26-59-41)37-19-18-36(27-58-37)65-49(72)64(48(69)51(65,6)7)38-20-16-34(25-57)42(43(38)53)52(54,55)56/h12-21,26-27,29-30,39,45H,8-11,22-24,28H2,1-7H3,(H,61,67)(H,62,66)/t30-,39?,45?/m0/s1. The van der Waals surface area contributed by atoms with Crippen LogP contribution in [0.3, 0.4) is 0 Å². The van der Waals surface area contributed by atoms with Crippen LogP contribution in [0, 0.1) is 29.5 Å². The number of ether oxygens (including phenoxy) is 2. The van der Waals surface area contributed by atoms with Crippen LogP contribution < -0.4 is 25.2 Å². The number of aromatic nitrogens is 3. The first-order chi connectivity index (χ1) is 34.5. The molecule has 0 saturated carbocycles. The van der Waals surface area contributed by atoms with E-state index < -0.39 is 63.7 Å². The van der Waals surface area contributed by atoms with Crippen molar-refractivity contribution in [1.82, 2.24) is 30.5 Å². The van der Waals surface area contributed by atoms with Crippen LogP contribution in [0.5, 0.6) is 5.88 Å². The topological polar surface area (TPSA) is 183 Å². The second-order valence-corrected chi connectivity index (χ2v) is 20.5. The average Bonchev–Trinajstić information content (AvgIpc) is 4.06. The van der Waals surface area contributed by atoms with Crippen LogP contribution in [0.15, 0.2) is 78.6 Å². The molecule has 0 spiro atoms. The van der Waals surface area contributed by atoms with Gasteiger partial charge in [0, 0.05) is 31.0 Å². The largest absolute Gasteiger partial charge is 0.478 e. The molecule has 4 amide bonds. The zero-order valence-electron chi connectivity index (χ0n) is 41.3. The number of nitrogens with zero attached hydrogens (tertiary/aromatic N) is 7. The summed E-state index contributed by atoms with van der Waals surface area (Å²) in [4.78, 5) is 72.3. The van der Waals surface area contributed by atoms with Crippen molar-refractivity contribution in [3.05, 3.63) is 107 Å². The lowest BCUT2D eigenvalue weighted by molar-refractivity contribution is -0.144. The highest BCUT2D eigenvalue weighted by Crippen LogP contribution is 2.42. The number of nitriles is 1. The van der Waals surface area contributed by atoms with Gasteiger partial charge in [0.25, 0.3) is 5.91 Å². The maximum absolute atomic E-state index is 15.4. The Morgan fingerprint density at radius 1 is 0.959 bits per heavy atom. The van der Waals surface area contributed by atoms with Gasteiger partial charge in [0.1, 0.15) is 29.8 Å². The smallest absolute Gasteiger partial charge is 0.420 e. The molecule has 384 valence electrons. The Hall–Kier alpha value is -6.89. The summed E-state index contributed by atoms with van der Waals surface area (Å²) < 4.78 is 68.2. The number of carbonyl (C=O) groups excluding carboxylic acids is 4. The monoisotopic (exact) mass is 1040 g/mol. The van der Waals surface area contributed by atoms with Gasteiger partial charge in [-0.2, -0.15) is 18.4 Å². The number of aryl methyl sites for hydroxylation is 1. The third kappa shape index (κ3) is 11.8. The van der Waals surface area contributed by atoms with Gasteiger partial charge < -0.3 is 29.9 Å². The van der Waals surface area contributed by atoms with E-state index in [1.54, 1.807) is 46.7 Å². The Morgan fingerprint density at radius 3 is 2.29 bits per heavy atom. The van der Waals surface area contributed by atoms with Gasteiger partial charge in [0.15, 0.2) is 10.9 Å². The van der Waals surface area contributed by atoms with E-state index in [1.165, 1.54) is 31.0 Å². The molecule has 2 fully saturated rings. The molecule has 7 rings (SSSR count). The fourth-order valence-corrected chi connectivity index (χ4v) is 10.0. The number of pyridine rings is 2. The molecule has 2 unspecified atom stereocenters. The molecular weight excluding hydrogens is 987 g/mol. The van der Waals surface area contributed by atoms with E-state index >= 15 is 4.39 Å². The summed E-state index contributed by atoms with van der Waals surface area (Å²) in [5.41, 5.74) is 0.671. The minimum Gasteiger partial charge on any atom is -0.478 e. The molecule has 73 heavy (non-hydrogen) atoms.